The normalized spacial score (nSPS) is 29.7. The predicted octanol–water partition coefficient (Wildman–Crippen LogP) is 2.26. The molecule has 6 nitrogen and oxygen atoms in total. The molecule has 7 heteroatoms. The molecule has 30 heavy (non-hydrogen) atoms. The maximum Gasteiger partial charge on any atom is 0.128 e. The van der Waals surface area contributed by atoms with Gasteiger partial charge in [0.1, 0.15) is 5.82 Å². The molecule has 0 saturated carbocycles. The number of piperidine rings is 2. The van der Waals surface area contributed by atoms with Crippen LogP contribution in [0.2, 0.25) is 0 Å². The summed E-state index contributed by atoms with van der Waals surface area (Å²) in [5.74, 6) is 0.821. The molecule has 0 amide bonds. The summed E-state index contributed by atoms with van der Waals surface area (Å²) < 4.78 is 14.4. The second-order valence-electron chi connectivity index (χ2n) is 8.90. The molecule has 5 rings (SSSR count). The van der Waals surface area contributed by atoms with E-state index in [1.165, 1.54) is 11.3 Å². The summed E-state index contributed by atoms with van der Waals surface area (Å²) in [5, 5.41) is 3.67. The van der Waals surface area contributed by atoms with E-state index < -0.39 is 0 Å². The van der Waals surface area contributed by atoms with Crippen molar-refractivity contribution >= 4 is 5.69 Å². The summed E-state index contributed by atoms with van der Waals surface area (Å²) in [6.07, 6.45) is 7.17. The van der Waals surface area contributed by atoms with Crippen LogP contribution in [-0.4, -0.2) is 37.2 Å². The molecule has 2 aromatic rings. The van der Waals surface area contributed by atoms with E-state index in [1.54, 1.807) is 12.1 Å². The third-order valence-electron chi connectivity index (χ3n) is 7.16. The second kappa shape index (κ2) is 8.59. The average Bonchev–Trinajstić information content (AvgIpc) is 3.22. The van der Waals surface area contributed by atoms with Gasteiger partial charge in [0.2, 0.25) is 0 Å². The van der Waals surface area contributed by atoms with Crippen LogP contribution in [0.15, 0.2) is 42.7 Å². The van der Waals surface area contributed by atoms with Gasteiger partial charge in [-0.2, -0.15) is 0 Å². The lowest BCUT2D eigenvalue weighted by Gasteiger charge is -2.36. The summed E-state index contributed by atoms with van der Waals surface area (Å²) in [6, 6.07) is 9.86. The molecule has 3 aliphatic rings. The number of benzene rings is 1. The average molecular weight is 411 g/mol. The van der Waals surface area contributed by atoms with Crippen LogP contribution in [-0.2, 0) is 0 Å². The van der Waals surface area contributed by atoms with E-state index in [1.807, 2.05) is 24.5 Å². The Labute approximate surface area is 177 Å². The first-order valence-electron chi connectivity index (χ1n) is 11.1. The fourth-order valence-corrected chi connectivity index (χ4v) is 5.30. The highest BCUT2D eigenvalue weighted by Gasteiger charge is 2.42. The molecule has 1 aromatic heterocycles. The molecule has 4 unspecified atom stereocenters. The largest absolute Gasteiger partial charge is 0.370 e. The molecular weight excluding hydrogens is 379 g/mol. The summed E-state index contributed by atoms with van der Waals surface area (Å²) in [7, 11) is 0. The Bertz CT molecular complexity index is 868. The van der Waals surface area contributed by atoms with Crippen LogP contribution < -0.4 is 26.8 Å². The van der Waals surface area contributed by atoms with Crippen LogP contribution in [0.5, 0.6) is 0 Å². The lowest BCUT2D eigenvalue weighted by atomic mass is 9.80. The van der Waals surface area contributed by atoms with Crippen LogP contribution in [0.1, 0.15) is 42.5 Å². The van der Waals surface area contributed by atoms with E-state index in [4.69, 9.17) is 5.73 Å². The molecule has 3 fully saturated rings. The number of nitrogens with zero attached hydrogens (tertiary/aromatic N) is 2. The number of hydrogen-bond acceptors (Lipinski definition) is 6. The smallest absolute Gasteiger partial charge is 0.128 e. The summed E-state index contributed by atoms with van der Waals surface area (Å²) in [5.41, 5.74) is 15.7. The maximum atomic E-state index is 14.4. The first-order valence-corrected chi connectivity index (χ1v) is 11.1. The van der Waals surface area contributed by atoms with Gasteiger partial charge < -0.3 is 16.0 Å². The van der Waals surface area contributed by atoms with Crippen molar-refractivity contribution in [1.82, 2.24) is 21.2 Å². The summed E-state index contributed by atoms with van der Waals surface area (Å²) in [4.78, 5) is 6.98. The second-order valence-corrected chi connectivity index (χ2v) is 8.90. The monoisotopic (exact) mass is 410 g/mol. The summed E-state index contributed by atoms with van der Waals surface area (Å²) in [6.45, 7) is 3.71. The molecule has 0 bridgehead atoms. The van der Waals surface area contributed by atoms with Gasteiger partial charge >= 0.3 is 0 Å². The third kappa shape index (κ3) is 3.83. The van der Waals surface area contributed by atoms with E-state index in [2.05, 4.69) is 32.1 Å². The van der Waals surface area contributed by atoms with E-state index in [0.29, 0.717) is 11.8 Å². The molecule has 4 atom stereocenters. The number of hydrogen-bond donors (Lipinski definition) is 4. The number of anilines is 1. The number of nitrogens with two attached hydrogens (primary N) is 1. The van der Waals surface area contributed by atoms with Crippen molar-refractivity contribution < 1.29 is 4.39 Å². The Morgan fingerprint density at radius 3 is 2.77 bits per heavy atom. The molecule has 3 aliphatic heterocycles. The standard InChI is InChI=1S/C23H31FN6/c24-20-4-2-1-3-18(20)23-19-10-21(27-14-22(19)28-29-23)16-9-17(13-26-12-16)30-7-5-15(11-25)6-8-30/h1-4,9,12-13,15,19,21-23,27-29H,5-8,10-11,14,25H2. The molecular formula is C23H31FN6. The fourth-order valence-electron chi connectivity index (χ4n) is 5.30. The van der Waals surface area contributed by atoms with Crippen LogP contribution in [0, 0.1) is 17.7 Å². The topological polar surface area (TPSA) is 78.2 Å². The van der Waals surface area contributed by atoms with Gasteiger partial charge in [0.05, 0.1) is 17.9 Å². The SMILES string of the molecule is NCC1CCN(c2cncc(C3CC4C(CN3)NNC4c3ccccc3F)c2)CC1. The number of pyridine rings is 1. The minimum atomic E-state index is -0.142. The molecule has 5 N–H and O–H groups in total. The quantitative estimate of drug-likeness (QED) is 0.619. The molecule has 3 saturated heterocycles. The van der Waals surface area contributed by atoms with E-state index in [-0.39, 0.29) is 23.9 Å². The Balaban J connectivity index is 1.32. The Hall–Kier alpha value is -2.06. The zero-order valence-corrected chi connectivity index (χ0v) is 17.2. The molecule has 160 valence electrons. The maximum absolute atomic E-state index is 14.4. The number of hydrazine groups is 1. The Kier molecular flexibility index (Phi) is 5.69. The minimum absolute atomic E-state index is 0.0211. The van der Waals surface area contributed by atoms with E-state index >= 15 is 0 Å². The van der Waals surface area contributed by atoms with Crippen molar-refractivity contribution in [2.75, 3.05) is 31.1 Å². The number of aromatic nitrogens is 1. The van der Waals surface area contributed by atoms with Gasteiger partial charge in [0, 0.05) is 43.5 Å². The minimum Gasteiger partial charge on any atom is -0.370 e. The zero-order chi connectivity index (χ0) is 20.5. The first kappa shape index (κ1) is 19.9. The van der Waals surface area contributed by atoms with Crippen molar-refractivity contribution in [2.45, 2.75) is 37.4 Å². The lowest BCUT2D eigenvalue weighted by molar-refractivity contribution is 0.264. The van der Waals surface area contributed by atoms with Crippen LogP contribution in [0.25, 0.3) is 0 Å². The molecule has 0 spiro atoms. The zero-order valence-electron chi connectivity index (χ0n) is 17.2. The van der Waals surface area contributed by atoms with E-state index in [0.717, 1.165) is 51.0 Å². The van der Waals surface area contributed by atoms with Crippen molar-refractivity contribution in [3.8, 4) is 0 Å². The van der Waals surface area contributed by atoms with Gasteiger partial charge in [-0.25, -0.2) is 9.82 Å². The highest BCUT2D eigenvalue weighted by molar-refractivity contribution is 5.47. The van der Waals surface area contributed by atoms with E-state index in [9.17, 15) is 4.39 Å². The van der Waals surface area contributed by atoms with Crippen molar-refractivity contribution in [3.63, 3.8) is 0 Å². The van der Waals surface area contributed by atoms with Gasteiger partial charge in [0.15, 0.2) is 0 Å². The molecule has 1 aromatic carbocycles. The highest BCUT2D eigenvalue weighted by Crippen LogP contribution is 2.39. The number of rotatable bonds is 4. The Morgan fingerprint density at radius 2 is 1.97 bits per heavy atom. The van der Waals surface area contributed by atoms with Gasteiger partial charge in [-0.15, -0.1) is 0 Å². The summed E-state index contributed by atoms with van der Waals surface area (Å²) >= 11 is 0. The van der Waals surface area contributed by atoms with Gasteiger partial charge in [-0.3, -0.25) is 10.4 Å². The van der Waals surface area contributed by atoms with Gasteiger partial charge in [0.25, 0.3) is 0 Å². The molecule has 0 radical (unpaired) electrons. The van der Waals surface area contributed by atoms with Crippen molar-refractivity contribution in [2.24, 2.45) is 17.6 Å². The van der Waals surface area contributed by atoms with Gasteiger partial charge in [-0.1, -0.05) is 18.2 Å². The fraction of sp³-hybridized carbons (Fsp3) is 0.522. The highest BCUT2D eigenvalue weighted by atomic mass is 19.1. The number of fused-ring (bicyclic) bond motifs is 1. The third-order valence-corrected chi connectivity index (χ3v) is 7.16. The number of halogens is 1. The number of nitrogens with one attached hydrogen (secondary N) is 3. The van der Waals surface area contributed by atoms with Crippen LogP contribution in [0.4, 0.5) is 10.1 Å². The molecule has 4 heterocycles. The van der Waals surface area contributed by atoms with Crippen LogP contribution >= 0.6 is 0 Å². The first-order chi connectivity index (χ1) is 14.7. The van der Waals surface area contributed by atoms with Gasteiger partial charge in [-0.05, 0) is 55.3 Å². The van der Waals surface area contributed by atoms with Crippen molar-refractivity contribution in [1.29, 1.82) is 0 Å². The molecule has 0 aliphatic carbocycles. The van der Waals surface area contributed by atoms with Crippen LogP contribution in [0.3, 0.4) is 0 Å². The van der Waals surface area contributed by atoms with Crippen molar-refractivity contribution in [3.05, 3.63) is 59.7 Å². The lowest BCUT2D eigenvalue weighted by Crippen LogP contribution is -2.46. The predicted molar refractivity (Wildman–Crippen MR) is 116 cm³/mol. The Morgan fingerprint density at radius 1 is 1.13 bits per heavy atom.